The maximum atomic E-state index is 11.7. The molecule has 0 aromatic carbocycles. The number of nitrogens with zero attached hydrogens (tertiary/aromatic N) is 4. The lowest BCUT2D eigenvalue weighted by Crippen LogP contribution is -2.20. The summed E-state index contributed by atoms with van der Waals surface area (Å²) in [6.07, 6.45) is 3.07. The van der Waals surface area contributed by atoms with E-state index in [4.69, 9.17) is 11.6 Å². The highest BCUT2D eigenvalue weighted by Gasteiger charge is 2.25. The van der Waals surface area contributed by atoms with E-state index in [9.17, 15) is 4.79 Å². The van der Waals surface area contributed by atoms with Gasteiger partial charge in [0.25, 0.3) is 0 Å². The normalized spacial score (nSPS) is 13.2. The van der Waals surface area contributed by atoms with Gasteiger partial charge in [0.1, 0.15) is 23.0 Å². The van der Waals surface area contributed by atoms with Gasteiger partial charge in [-0.15, -0.1) is 11.6 Å². The highest BCUT2D eigenvalue weighted by Crippen LogP contribution is 2.34. The molecule has 108 valence electrons. The summed E-state index contributed by atoms with van der Waals surface area (Å²) in [4.78, 5) is 20.1. The number of nitrogens with one attached hydrogen (secondary N) is 1. The summed E-state index contributed by atoms with van der Waals surface area (Å²) in [6.45, 7) is 7.78. The van der Waals surface area contributed by atoms with Crippen molar-refractivity contribution in [2.24, 2.45) is 0 Å². The fourth-order valence-electron chi connectivity index (χ4n) is 1.53. The molecule has 1 N–H and O–H groups in total. The maximum Gasteiger partial charge on any atom is 0.243 e. The van der Waals surface area contributed by atoms with Crippen molar-refractivity contribution in [2.75, 3.05) is 5.32 Å². The number of amides is 1. The molecule has 0 spiro atoms. The van der Waals surface area contributed by atoms with E-state index in [2.05, 4.69) is 41.2 Å². The second kappa shape index (κ2) is 5.49. The summed E-state index contributed by atoms with van der Waals surface area (Å²) in [6, 6.07) is 0. The number of anilines is 1. The molecular weight excluding hydrogens is 298 g/mol. The molecule has 0 aliphatic heterocycles. The number of carbonyl (C=O) groups is 1. The summed E-state index contributed by atoms with van der Waals surface area (Å²) in [5.74, 6) is -0.272. The number of halogens is 1. The van der Waals surface area contributed by atoms with Crippen molar-refractivity contribution in [2.45, 2.75) is 38.5 Å². The fraction of sp³-hybridized carbons (Fsp3) is 0.500. The third-order valence-corrected chi connectivity index (χ3v) is 3.70. The quantitative estimate of drug-likeness (QED) is 0.884. The third kappa shape index (κ3) is 3.16. The highest BCUT2D eigenvalue weighted by atomic mass is 35.5. The van der Waals surface area contributed by atoms with Gasteiger partial charge in [0.15, 0.2) is 5.13 Å². The van der Waals surface area contributed by atoms with Crippen LogP contribution in [0.2, 0.25) is 0 Å². The van der Waals surface area contributed by atoms with Crippen molar-refractivity contribution in [3.63, 3.8) is 0 Å². The van der Waals surface area contributed by atoms with Gasteiger partial charge in [-0.2, -0.15) is 5.10 Å². The van der Waals surface area contributed by atoms with E-state index < -0.39 is 5.38 Å². The van der Waals surface area contributed by atoms with Crippen LogP contribution in [-0.2, 0) is 10.2 Å². The smallest absolute Gasteiger partial charge is 0.243 e. The van der Waals surface area contributed by atoms with Gasteiger partial charge < -0.3 is 5.32 Å². The first-order valence-electron chi connectivity index (χ1n) is 6.10. The zero-order chi connectivity index (χ0) is 14.9. The Hall–Kier alpha value is -1.47. The van der Waals surface area contributed by atoms with Crippen LogP contribution in [0.15, 0.2) is 12.7 Å². The van der Waals surface area contributed by atoms with Gasteiger partial charge in [-0.05, 0) is 6.92 Å². The summed E-state index contributed by atoms with van der Waals surface area (Å²) >= 11 is 7.10. The number of alkyl halides is 1. The fourth-order valence-corrected chi connectivity index (χ4v) is 2.69. The van der Waals surface area contributed by atoms with Crippen molar-refractivity contribution < 1.29 is 4.79 Å². The molecule has 6 nitrogen and oxygen atoms in total. The van der Waals surface area contributed by atoms with Crippen LogP contribution in [0, 0.1) is 0 Å². The Morgan fingerprint density at radius 3 is 2.70 bits per heavy atom. The largest absolute Gasteiger partial charge is 0.301 e. The van der Waals surface area contributed by atoms with Crippen LogP contribution in [0.5, 0.6) is 0 Å². The van der Waals surface area contributed by atoms with E-state index in [0.29, 0.717) is 5.13 Å². The van der Waals surface area contributed by atoms with Crippen LogP contribution in [0.3, 0.4) is 0 Å². The summed E-state index contributed by atoms with van der Waals surface area (Å²) in [5.41, 5.74) is 0.679. The van der Waals surface area contributed by atoms with E-state index in [1.807, 2.05) is 0 Å². The first-order chi connectivity index (χ1) is 9.29. The molecule has 2 rings (SSSR count). The number of aromatic nitrogens is 4. The molecule has 0 saturated heterocycles. The van der Waals surface area contributed by atoms with Gasteiger partial charge in [0.2, 0.25) is 5.91 Å². The standard InChI is InChI=1S/C12H16ClN5OS/c1-7(13)9(19)17-11-16-8(12(2,3)4)10(20-11)18-6-14-5-15-18/h5-7H,1-4H3,(H,16,17,19). The minimum atomic E-state index is -0.605. The predicted molar refractivity (Wildman–Crippen MR) is 79.7 cm³/mol. The molecule has 1 atom stereocenters. The molecule has 2 aromatic heterocycles. The number of hydrogen-bond acceptors (Lipinski definition) is 5. The van der Waals surface area contributed by atoms with Crippen LogP contribution in [0.1, 0.15) is 33.4 Å². The van der Waals surface area contributed by atoms with Crippen LogP contribution in [-0.4, -0.2) is 31.0 Å². The Morgan fingerprint density at radius 1 is 1.50 bits per heavy atom. The van der Waals surface area contributed by atoms with Crippen LogP contribution < -0.4 is 5.32 Å². The SMILES string of the molecule is CC(Cl)C(=O)Nc1nc(C(C)(C)C)c(-n2cncn2)s1. The molecule has 2 heterocycles. The molecule has 0 fully saturated rings. The molecule has 1 unspecified atom stereocenters. The van der Waals surface area contributed by atoms with Gasteiger partial charge >= 0.3 is 0 Å². The molecule has 20 heavy (non-hydrogen) atoms. The van der Waals surface area contributed by atoms with E-state index in [-0.39, 0.29) is 11.3 Å². The number of rotatable bonds is 3. The summed E-state index contributed by atoms with van der Waals surface area (Å²) in [5, 5.41) is 7.58. The van der Waals surface area contributed by atoms with Crippen molar-refractivity contribution in [1.82, 2.24) is 19.7 Å². The van der Waals surface area contributed by atoms with E-state index >= 15 is 0 Å². The number of hydrogen-bond donors (Lipinski definition) is 1. The third-order valence-electron chi connectivity index (χ3n) is 2.54. The first kappa shape index (κ1) is 14.9. The predicted octanol–water partition coefficient (Wildman–Crippen LogP) is 2.59. The Balaban J connectivity index is 2.41. The Labute approximate surface area is 126 Å². The molecule has 1 amide bonds. The lowest BCUT2D eigenvalue weighted by atomic mass is 9.92. The van der Waals surface area contributed by atoms with Gasteiger partial charge in [-0.1, -0.05) is 32.1 Å². The average molecular weight is 314 g/mol. The monoisotopic (exact) mass is 313 g/mol. The second-order valence-corrected chi connectivity index (χ2v) is 7.00. The van der Waals surface area contributed by atoms with E-state index in [1.54, 1.807) is 17.9 Å². The van der Waals surface area contributed by atoms with Gasteiger partial charge in [-0.25, -0.2) is 14.6 Å². The van der Waals surface area contributed by atoms with Crippen molar-refractivity contribution in [3.8, 4) is 5.00 Å². The van der Waals surface area contributed by atoms with Gasteiger partial charge in [0.05, 0.1) is 5.69 Å². The minimum absolute atomic E-state index is 0.173. The molecule has 0 saturated carbocycles. The van der Waals surface area contributed by atoms with E-state index in [0.717, 1.165) is 10.7 Å². The van der Waals surface area contributed by atoms with Crippen molar-refractivity contribution in [3.05, 3.63) is 18.3 Å². The Kier molecular flexibility index (Phi) is 4.10. The Morgan fingerprint density at radius 2 is 2.20 bits per heavy atom. The van der Waals surface area contributed by atoms with Crippen LogP contribution >= 0.6 is 22.9 Å². The first-order valence-corrected chi connectivity index (χ1v) is 7.35. The number of thiazole rings is 1. The lowest BCUT2D eigenvalue weighted by Gasteiger charge is -2.16. The van der Waals surface area contributed by atoms with Crippen molar-refractivity contribution in [1.29, 1.82) is 0 Å². The lowest BCUT2D eigenvalue weighted by molar-refractivity contribution is -0.115. The number of carbonyl (C=O) groups excluding carboxylic acids is 1. The van der Waals surface area contributed by atoms with Crippen molar-refractivity contribution >= 4 is 34.0 Å². The minimum Gasteiger partial charge on any atom is -0.301 e. The zero-order valence-electron chi connectivity index (χ0n) is 11.7. The Bertz CT molecular complexity index is 600. The summed E-state index contributed by atoms with van der Waals surface area (Å²) < 4.78 is 1.65. The molecule has 2 aromatic rings. The maximum absolute atomic E-state index is 11.7. The molecular formula is C12H16ClN5OS. The topological polar surface area (TPSA) is 72.7 Å². The van der Waals surface area contributed by atoms with E-state index in [1.165, 1.54) is 17.7 Å². The molecule has 0 bridgehead atoms. The average Bonchev–Trinajstić information content (AvgIpc) is 2.94. The molecule has 0 radical (unpaired) electrons. The van der Waals surface area contributed by atoms with Crippen LogP contribution in [0.25, 0.3) is 5.00 Å². The highest BCUT2D eigenvalue weighted by molar-refractivity contribution is 7.18. The van der Waals surface area contributed by atoms with Gasteiger partial charge in [-0.3, -0.25) is 4.79 Å². The van der Waals surface area contributed by atoms with Gasteiger partial charge in [0, 0.05) is 5.41 Å². The molecule has 0 aliphatic rings. The molecule has 8 heteroatoms. The summed E-state index contributed by atoms with van der Waals surface area (Å²) in [7, 11) is 0. The van der Waals surface area contributed by atoms with Crippen LogP contribution in [0.4, 0.5) is 5.13 Å². The second-order valence-electron chi connectivity index (χ2n) is 5.37. The zero-order valence-corrected chi connectivity index (χ0v) is 13.3. The molecule has 0 aliphatic carbocycles.